The third-order valence-electron chi connectivity index (χ3n) is 3.97. The van der Waals surface area contributed by atoms with Crippen LogP contribution in [0.2, 0.25) is 0 Å². The third kappa shape index (κ3) is 3.30. The third-order valence-corrected chi connectivity index (χ3v) is 4.46. The molecule has 1 aromatic carbocycles. The first-order valence-electron chi connectivity index (χ1n) is 6.99. The summed E-state index contributed by atoms with van der Waals surface area (Å²) >= 11 is 3.30. The second kappa shape index (κ2) is 6.54. The summed E-state index contributed by atoms with van der Waals surface area (Å²) in [6.45, 7) is 2.81. The fraction of sp³-hybridized carbons (Fsp3) is 0.571. The molecule has 1 aliphatic rings. The average molecular weight is 342 g/mol. The number of nitro benzene ring substituents is 1. The summed E-state index contributed by atoms with van der Waals surface area (Å²) in [5.74, 6) is 0. The molecule has 1 aliphatic carbocycles. The molecule has 2 rings (SSSR count). The summed E-state index contributed by atoms with van der Waals surface area (Å²) in [7, 11) is 0. The van der Waals surface area contributed by atoms with Crippen molar-refractivity contribution < 1.29 is 4.92 Å². The summed E-state index contributed by atoms with van der Waals surface area (Å²) in [5.41, 5.74) is 6.81. The van der Waals surface area contributed by atoms with Crippen LogP contribution in [0.25, 0.3) is 0 Å². The molecule has 0 aliphatic heterocycles. The number of hydrogen-bond acceptors (Lipinski definition) is 4. The van der Waals surface area contributed by atoms with Crippen molar-refractivity contribution in [2.75, 3.05) is 11.4 Å². The molecule has 0 bridgehead atoms. The maximum absolute atomic E-state index is 11.3. The SMILES string of the molecule is CCN(c1ccc(Br)cc1[N+](=O)[O-])C1CCC(N)CC1. The van der Waals surface area contributed by atoms with Crippen molar-refractivity contribution in [1.82, 2.24) is 0 Å². The Morgan fingerprint density at radius 1 is 1.40 bits per heavy atom. The molecule has 0 unspecified atom stereocenters. The lowest BCUT2D eigenvalue weighted by atomic mass is 9.90. The number of nitrogens with two attached hydrogens (primary N) is 1. The van der Waals surface area contributed by atoms with E-state index >= 15 is 0 Å². The molecule has 0 radical (unpaired) electrons. The summed E-state index contributed by atoms with van der Waals surface area (Å²) in [5, 5.41) is 11.3. The van der Waals surface area contributed by atoms with E-state index in [-0.39, 0.29) is 16.7 Å². The van der Waals surface area contributed by atoms with Gasteiger partial charge in [0.15, 0.2) is 0 Å². The Balaban J connectivity index is 2.29. The maximum atomic E-state index is 11.3. The quantitative estimate of drug-likeness (QED) is 0.672. The van der Waals surface area contributed by atoms with Crippen LogP contribution < -0.4 is 10.6 Å². The minimum Gasteiger partial charge on any atom is -0.363 e. The molecule has 20 heavy (non-hydrogen) atoms. The average Bonchev–Trinajstić information content (AvgIpc) is 2.43. The van der Waals surface area contributed by atoms with E-state index in [2.05, 4.69) is 20.8 Å². The van der Waals surface area contributed by atoms with Crippen molar-refractivity contribution in [3.63, 3.8) is 0 Å². The van der Waals surface area contributed by atoms with E-state index < -0.39 is 0 Å². The molecule has 0 saturated heterocycles. The highest BCUT2D eigenvalue weighted by molar-refractivity contribution is 9.10. The summed E-state index contributed by atoms with van der Waals surface area (Å²) in [4.78, 5) is 13.1. The topological polar surface area (TPSA) is 72.4 Å². The monoisotopic (exact) mass is 341 g/mol. The highest BCUT2D eigenvalue weighted by Gasteiger charge is 2.27. The summed E-state index contributed by atoms with van der Waals surface area (Å²) in [6, 6.07) is 5.90. The van der Waals surface area contributed by atoms with Crippen LogP contribution in [0.1, 0.15) is 32.6 Å². The Hall–Kier alpha value is -1.14. The molecule has 0 amide bonds. The lowest BCUT2D eigenvalue weighted by Gasteiger charge is -2.36. The van der Waals surface area contributed by atoms with E-state index in [0.717, 1.165) is 36.7 Å². The number of rotatable bonds is 4. The van der Waals surface area contributed by atoms with Gasteiger partial charge in [0.2, 0.25) is 0 Å². The Bertz CT molecular complexity index is 487. The molecule has 0 aromatic heterocycles. The van der Waals surface area contributed by atoms with E-state index in [1.807, 2.05) is 19.1 Å². The zero-order chi connectivity index (χ0) is 14.7. The van der Waals surface area contributed by atoms with Gasteiger partial charge in [-0.3, -0.25) is 10.1 Å². The molecule has 1 saturated carbocycles. The van der Waals surface area contributed by atoms with Crippen LogP contribution in [0.5, 0.6) is 0 Å². The Labute approximate surface area is 127 Å². The van der Waals surface area contributed by atoms with Gasteiger partial charge >= 0.3 is 0 Å². The molecule has 2 N–H and O–H groups in total. The fourth-order valence-electron chi connectivity index (χ4n) is 2.92. The molecular formula is C14H20BrN3O2. The van der Waals surface area contributed by atoms with E-state index in [0.29, 0.717) is 11.7 Å². The van der Waals surface area contributed by atoms with E-state index in [1.54, 1.807) is 6.07 Å². The molecule has 0 atom stereocenters. The fourth-order valence-corrected chi connectivity index (χ4v) is 3.27. The predicted octanol–water partition coefficient (Wildman–Crippen LogP) is 3.45. The number of hydrogen-bond donors (Lipinski definition) is 1. The Morgan fingerprint density at radius 2 is 2.05 bits per heavy atom. The Morgan fingerprint density at radius 3 is 2.60 bits per heavy atom. The second-order valence-corrected chi connectivity index (χ2v) is 6.16. The van der Waals surface area contributed by atoms with Gasteiger partial charge in [0, 0.05) is 29.2 Å². The van der Waals surface area contributed by atoms with E-state index in [1.165, 1.54) is 0 Å². The molecule has 1 aromatic rings. The molecular weight excluding hydrogens is 322 g/mol. The minimum atomic E-state index is -0.308. The van der Waals surface area contributed by atoms with Crippen molar-refractivity contribution in [2.24, 2.45) is 5.73 Å². The number of nitrogens with zero attached hydrogens (tertiary/aromatic N) is 2. The van der Waals surface area contributed by atoms with Crippen LogP contribution >= 0.6 is 15.9 Å². The molecule has 6 heteroatoms. The molecule has 5 nitrogen and oxygen atoms in total. The van der Waals surface area contributed by atoms with Crippen LogP contribution in [0.15, 0.2) is 22.7 Å². The van der Waals surface area contributed by atoms with Crippen LogP contribution in [0, 0.1) is 10.1 Å². The van der Waals surface area contributed by atoms with Gasteiger partial charge in [-0.2, -0.15) is 0 Å². The lowest BCUT2D eigenvalue weighted by molar-refractivity contribution is -0.384. The van der Waals surface area contributed by atoms with Crippen LogP contribution in [-0.2, 0) is 0 Å². The number of halogens is 1. The number of anilines is 1. The zero-order valence-corrected chi connectivity index (χ0v) is 13.2. The molecule has 110 valence electrons. The van der Waals surface area contributed by atoms with Crippen molar-refractivity contribution >= 4 is 27.3 Å². The highest BCUT2D eigenvalue weighted by Crippen LogP contribution is 2.35. The molecule has 0 spiro atoms. The van der Waals surface area contributed by atoms with E-state index in [4.69, 9.17) is 5.73 Å². The van der Waals surface area contributed by atoms with Crippen molar-refractivity contribution in [1.29, 1.82) is 0 Å². The standard InChI is InChI=1S/C14H20BrN3O2/c1-2-17(12-6-4-11(16)5-7-12)13-8-3-10(15)9-14(13)18(19)20/h3,8-9,11-12H,2,4-7,16H2,1H3. The van der Waals surface area contributed by atoms with Gasteiger partial charge in [-0.05, 0) is 44.7 Å². The highest BCUT2D eigenvalue weighted by atomic mass is 79.9. The first kappa shape index (κ1) is 15.3. The molecule has 1 fully saturated rings. The van der Waals surface area contributed by atoms with Gasteiger partial charge in [0.1, 0.15) is 5.69 Å². The van der Waals surface area contributed by atoms with Gasteiger partial charge in [-0.25, -0.2) is 0 Å². The van der Waals surface area contributed by atoms with Gasteiger partial charge in [0.05, 0.1) is 4.92 Å². The smallest absolute Gasteiger partial charge is 0.293 e. The normalized spacial score (nSPS) is 22.6. The van der Waals surface area contributed by atoms with Crippen LogP contribution in [0.3, 0.4) is 0 Å². The summed E-state index contributed by atoms with van der Waals surface area (Å²) < 4.78 is 0.731. The van der Waals surface area contributed by atoms with E-state index in [9.17, 15) is 10.1 Å². The number of benzene rings is 1. The van der Waals surface area contributed by atoms with Crippen molar-refractivity contribution in [2.45, 2.75) is 44.7 Å². The maximum Gasteiger partial charge on any atom is 0.293 e. The van der Waals surface area contributed by atoms with Crippen LogP contribution in [-0.4, -0.2) is 23.6 Å². The summed E-state index contributed by atoms with van der Waals surface area (Å²) in [6.07, 6.45) is 3.99. The Kier molecular flexibility index (Phi) is 4.99. The number of nitro groups is 1. The largest absolute Gasteiger partial charge is 0.363 e. The first-order chi connectivity index (χ1) is 9.52. The lowest BCUT2D eigenvalue weighted by Crippen LogP contribution is -2.41. The van der Waals surface area contributed by atoms with Gasteiger partial charge < -0.3 is 10.6 Å². The minimum absolute atomic E-state index is 0.163. The second-order valence-electron chi connectivity index (χ2n) is 5.24. The van der Waals surface area contributed by atoms with Crippen molar-refractivity contribution in [3.05, 3.63) is 32.8 Å². The first-order valence-corrected chi connectivity index (χ1v) is 7.78. The van der Waals surface area contributed by atoms with Crippen molar-refractivity contribution in [3.8, 4) is 0 Å². The van der Waals surface area contributed by atoms with Crippen LogP contribution in [0.4, 0.5) is 11.4 Å². The van der Waals surface area contributed by atoms with Gasteiger partial charge in [-0.1, -0.05) is 15.9 Å². The van der Waals surface area contributed by atoms with Gasteiger partial charge in [-0.15, -0.1) is 0 Å². The predicted molar refractivity (Wildman–Crippen MR) is 84.0 cm³/mol. The molecule has 0 heterocycles. The van der Waals surface area contributed by atoms with Gasteiger partial charge in [0.25, 0.3) is 5.69 Å². The zero-order valence-electron chi connectivity index (χ0n) is 11.6.